The molecule has 20 heavy (non-hydrogen) atoms. The number of benzene rings is 1. The van der Waals surface area contributed by atoms with Crippen LogP contribution >= 0.6 is 0 Å². The van der Waals surface area contributed by atoms with E-state index in [0.29, 0.717) is 12.5 Å². The summed E-state index contributed by atoms with van der Waals surface area (Å²) < 4.78 is 5.44. The standard InChI is InChI=1S/C16H26N2O2/c1-20-15-8-5-10-18(12-15)11-9-16(19,13-17)14-6-3-2-4-7-14/h2-4,6-7,15,19H,5,8-13,17H2,1H3. The molecule has 0 aromatic heterocycles. The SMILES string of the molecule is COC1CCCN(CCC(O)(CN)c2ccccc2)C1. The van der Waals surface area contributed by atoms with E-state index in [4.69, 9.17) is 10.5 Å². The zero-order chi connectivity index (χ0) is 14.4. The van der Waals surface area contributed by atoms with Gasteiger partial charge in [0.25, 0.3) is 0 Å². The van der Waals surface area contributed by atoms with E-state index in [1.165, 1.54) is 0 Å². The Kier molecular flexibility index (Phi) is 5.54. The van der Waals surface area contributed by atoms with Crippen molar-refractivity contribution >= 4 is 0 Å². The van der Waals surface area contributed by atoms with E-state index in [-0.39, 0.29) is 6.54 Å². The van der Waals surface area contributed by atoms with Crippen LogP contribution in [0.15, 0.2) is 30.3 Å². The Balaban J connectivity index is 1.93. The summed E-state index contributed by atoms with van der Waals surface area (Å²) in [6.07, 6.45) is 3.27. The molecule has 0 saturated carbocycles. The number of hydrogen-bond donors (Lipinski definition) is 2. The lowest BCUT2D eigenvalue weighted by Crippen LogP contribution is -2.43. The third-order valence-corrected chi connectivity index (χ3v) is 4.29. The lowest BCUT2D eigenvalue weighted by atomic mass is 9.90. The fraction of sp³-hybridized carbons (Fsp3) is 0.625. The van der Waals surface area contributed by atoms with Gasteiger partial charge in [0.1, 0.15) is 5.60 Å². The van der Waals surface area contributed by atoms with Gasteiger partial charge in [-0.2, -0.15) is 0 Å². The Morgan fingerprint density at radius 2 is 2.15 bits per heavy atom. The molecule has 112 valence electrons. The van der Waals surface area contributed by atoms with Gasteiger partial charge in [-0.1, -0.05) is 30.3 Å². The molecule has 0 spiro atoms. The van der Waals surface area contributed by atoms with Gasteiger partial charge in [0.15, 0.2) is 0 Å². The molecule has 1 heterocycles. The van der Waals surface area contributed by atoms with Gasteiger partial charge in [0, 0.05) is 26.7 Å². The predicted molar refractivity (Wildman–Crippen MR) is 80.5 cm³/mol. The second-order valence-corrected chi connectivity index (χ2v) is 5.65. The number of nitrogens with zero attached hydrogens (tertiary/aromatic N) is 1. The molecule has 2 unspecified atom stereocenters. The van der Waals surface area contributed by atoms with Crippen LogP contribution in [0.1, 0.15) is 24.8 Å². The van der Waals surface area contributed by atoms with Crippen LogP contribution in [-0.2, 0) is 10.3 Å². The van der Waals surface area contributed by atoms with E-state index in [1.807, 2.05) is 30.3 Å². The third kappa shape index (κ3) is 3.79. The molecule has 4 heteroatoms. The Morgan fingerprint density at radius 3 is 2.80 bits per heavy atom. The highest BCUT2D eigenvalue weighted by Gasteiger charge is 2.29. The van der Waals surface area contributed by atoms with Gasteiger partial charge >= 0.3 is 0 Å². The molecule has 4 nitrogen and oxygen atoms in total. The summed E-state index contributed by atoms with van der Waals surface area (Å²) in [5, 5.41) is 10.8. The van der Waals surface area contributed by atoms with E-state index in [9.17, 15) is 5.11 Å². The molecule has 0 bridgehead atoms. The van der Waals surface area contributed by atoms with Crippen molar-refractivity contribution in [1.29, 1.82) is 0 Å². The van der Waals surface area contributed by atoms with Crippen LogP contribution in [0.5, 0.6) is 0 Å². The van der Waals surface area contributed by atoms with E-state index in [0.717, 1.165) is 38.0 Å². The predicted octanol–water partition coefficient (Wildman–Crippen LogP) is 1.33. The topological polar surface area (TPSA) is 58.7 Å². The second kappa shape index (κ2) is 7.18. The number of ether oxygens (including phenoxy) is 1. The summed E-state index contributed by atoms with van der Waals surface area (Å²) in [7, 11) is 1.77. The minimum absolute atomic E-state index is 0.249. The fourth-order valence-electron chi connectivity index (χ4n) is 2.86. The number of likely N-dealkylation sites (tertiary alicyclic amines) is 1. The molecule has 1 aliphatic rings. The first-order chi connectivity index (χ1) is 9.68. The number of aliphatic hydroxyl groups is 1. The van der Waals surface area contributed by atoms with Gasteiger partial charge in [-0.3, -0.25) is 0 Å². The van der Waals surface area contributed by atoms with Crippen molar-refractivity contribution in [3.63, 3.8) is 0 Å². The molecule has 0 aliphatic carbocycles. The van der Waals surface area contributed by atoms with Crippen molar-refractivity contribution in [2.45, 2.75) is 31.0 Å². The number of hydrogen-bond acceptors (Lipinski definition) is 4. The number of piperidine rings is 1. The van der Waals surface area contributed by atoms with E-state index in [1.54, 1.807) is 7.11 Å². The van der Waals surface area contributed by atoms with Crippen LogP contribution in [0.4, 0.5) is 0 Å². The summed E-state index contributed by atoms with van der Waals surface area (Å²) in [5.74, 6) is 0. The maximum atomic E-state index is 10.8. The van der Waals surface area contributed by atoms with Gasteiger partial charge in [0.05, 0.1) is 6.10 Å². The van der Waals surface area contributed by atoms with Gasteiger partial charge < -0.3 is 20.5 Å². The van der Waals surface area contributed by atoms with Crippen LogP contribution in [0.3, 0.4) is 0 Å². The molecule has 1 aliphatic heterocycles. The highest BCUT2D eigenvalue weighted by atomic mass is 16.5. The Hall–Kier alpha value is -0.940. The number of nitrogens with two attached hydrogens (primary N) is 1. The fourth-order valence-corrected chi connectivity index (χ4v) is 2.86. The summed E-state index contributed by atoms with van der Waals surface area (Å²) in [6.45, 7) is 3.13. The first-order valence-electron chi connectivity index (χ1n) is 7.41. The Morgan fingerprint density at radius 1 is 1.40 bits per heavy atom. The normalized spacial score (nSPS) is 23.4. The molecule has 2 rings (SSSR count). The zero-order valence-electron chi connectivity index (χ0n) is 12.3. The molecule has 1 saturated heterocycles. The quantitative estimate of drug-likeness (QED) is 0.824. The van der Waals surface area contributed by atoms with Crippen LogP contribution in [0.2, 0.25) is 0 Å². The third-order valence-electron chi connectivity index (χ3n) is 4.29. The van der Waals surface area contributed by atoms with Gasteiger partial charge in [-0.05, 0) is 31.4 Å². The van der Waals surface area contributed by atoms with E-state index < -0.39 is 5.60 Å². The van der Waals surface area contributed by atoms with E-state index in [2.05, 4.69) is 4.90 Å². The van der Waals surface area contributed by atoms with Crippen molar-refractivity contribution in [3.8, 4) is 0 Å². The molecule has 1 fully saturated rings. The van der Waals surface area contributed by atoms with Crippen molar-refractivity contribution < 1.29 is 9.84 Å². The summed E-state index contributed by atoms with van der Waals surface area (Å²) in [5.41, 5.74) is 5.79. The van der Waals surface area contributed by atoms with Crippen molar-refractivity contribution in [2.24, 2.45) is 5.73 Å². The van der Waals surface area contributed by atoms with Crippen molar-refractivity contribution in [2.75, 3.05) is 33.3 Å². The Labute approximate surface area is 121 Å². The summed E-state index contributed by atoms with van der Waals surface area (Å²) >= 11 is 0. The van der Waals surface area contributed by atoms with E-state index >= 15 is 0 Å². The summed E-state index contributed by atoms with van der Waals surface area (Å²) in [4.78, 5) is 2.36. The molecule has 0 radical (unpaired) electrons. The first kappa shape index (κ1) is 15.4. The van der Waals surface area contributed by atoms with Gasteiger partial charge in [-0.25, -0.2) is 0 Å². The monoisotopic (exact) mass is 278 g/mol. The minimum atomic E-state index is -0.929. The minimum Gasteiger partial charge on any atom is -0.384 e. The maximum absolute atomic E-state index is 10.8. The number of methoxy groups -OCH3 is 1. The molecular weight excluding hydrogens is 252 g/mol. The average Bonchev–Trinajstić information content (AvgIpc) is 2.53. The zero-order valence-corrected chi connectivity index (χ0v) is 12.3. The van der Waals surface area contributed by atoms with Gasteiger partial charge in [0.2, 0.25) is 0 Å². The van der Waals surface area contributed by atoms with Crippen molar-refractivity contribution in [1.82, 2.24) is 4.90 Å². The van der Waals surface area contributed by atoms with Crippen LogP contribution < -0.4 is 5.73 Å². The molecule has 2 atom stereocenters. The smallest absolute Gasteiger partial charge is 0.103 e. The average molecular weight is 278 g/mol. The molecule has 0 amide bonds. The van der Waals surface area contributed by atoms with Crippen LogP contribution in [0.25, 0.3) is 0 Å². The van der Waals surface area contributed by atoms with Gasteiger partial charge in [-0.15, -0.1) is 0 Å². The van der Waals surface area contributed by atoms with Crippen molar-refractivity contribution in [3.05, 3.63) is 35.9 Å². The molecule has 3 N–H and O–H groups in total. The second-order valence-electron chi connectivity index (χ2n) is 5.65. The largest absolute Gasteiger partial charge is 0.384 e. The summed E-state index contributed by atoms with van der Waals surface area (Å²) in [6, 6.07) is 9.73. The maximum Gasteiger partial charge on any atom is 0.103 e. The Bertz CT molecular complexity index is 399. The highest BCUT2D eigenvalue weighted by Crippen LogP contribution is 2.25. The molecule has 1 aromatic rings. The highest BCUT2D eigenvalue weighted by molar-refractivity contribution is 5.22. The lowest BCUT2D eigenvalue weighted by Gasteiger charge is -2.35. The molecule has 1 aromatic carbocycles. The number of rotatable bonds is 6. The van der Waals surface area contributed by atoms with Crippen LogP contribution in [-0.4, -0.2) is 49.4 Å². The van der Waals surface area contributed by atoms with Crippen LogP contribution in [0, 0.1) is 0 Å². The molecular formula is C16H26N2O2. The first-order valence-corrected chi connectivity index (χ1v) is 7.41. The lowest BCUT2D eigenvalue weighted by molar-refractivity contribution is 0.000590.